The molecule has 5 heterocycles. The quantitative estimate of drug-likeness (QED) is 0.220. The number of likely N-dealkylation sites (tertiary alicyclic amines) is 1. The smallest absolute Gasteiger partial charge is 0.354 e. The highest BCUT2D eigenvalue weighted by molar-refractivity contribution is 6.13. The molecule has 0 radical (unpaired) electrons. The summed E-state index contributed by atoms with van der Waals surface area (Å²) in [5.74, 6) is -0.861. The molecule has 46 heavy (non-hydrogen) atoms. The van der Waals surface area contributed by atoms with Crippen molar-refractivity contribution in [1.29, 1.82) is 0 Å². The molecule has 0 unspecified atom stereocenters. The van der Waals surface area contributed by atoms with E-state index in [0.29, 0.717) is 64.6 Å². The lowest BCUT2D eigenvalue weighted by Gasteiger charge is -2.27. The lowest BCUT2D eigenvalue weighted by molar-refractivity contribution is 0.0594. The Kier molecular flexibility index (Phi) is 5.15. The van der Waals surface area contributed by atoms with Crippen LogP contribution in [0.25, 0.3) is 21.8 Å². The number of H-pyrrole nitrogens is 3. The molecule has 3 aromatic heterocycles. The lowest BCUT2D eigenvalue weighted by Crippen LogP contribution is -2.33. The number of piperidine rings is 1. The molecule has 2 atom stereocenters. The Morgan fingerprint density at radius 3 is 2.52 bits per heavy atom. The highest BCUT2D eigenvalue weighted by atomic mass is 16.5. The molecule has 4 aliphatic rings. The van der Waals surface area contributed by atoms with Gasteiger partial charge in [-0.3, -0.25) is 14.4 Å². The molecule has 1 saturated heterocycles. The zero-order valence-corrected chi connectivity index (χ0v) is 24.8. The van der Waals surface area contributed by atoms with E-state index in [0.717, 1.165) is 34.1 Å². The Labute approximate surface area is 260 Å². The molecule has 2 amide bonds. The van der Waals surface area contributed by atoms with E-state index in [1.807, 2.05) is 12.1 Å². The van der Waals surface area contributed by atoms with Crippen molar-refractivity contribution < 1.29 is 33.8 Å². The zero-order chi connectivity index (χ0) is 31.6. The summed E-state index contributed by atoms with van der Waals surface area (Å²) < 4.78 is 10.0. The van der Waals surface area contributed by atoms with Gasteiger partial charge in [0.2, 0.25) is 5.78 Å². The van der Waals surface area contributed by atoms with Crippen LogP contribution in [-0.4, -0.2) is 75.8 Å². The molecule has 1 spiro atoms. The summed E-state index contributed by atoms with van der Waals surface area (Å²) in [7, 11) is 2.79. The number of ether oxygens (including phenoxy) is 2. The van der Waals surface area contributed by atoms with E-state index in [1.165, 1.54) is 26.4 Å². The van der Waals surface area contributed by atoms with E-state index in [2.05, 4.69) is 15.0 Å². The predicted octanol–water partition coefficient (Wildman–Crippen LogP) is 4.17. The molecule has 5 aromatic rings. The normalized spacial score (nSPS) is 20.8. The number of aromatic amines is 3. The van der Waals surface area contributed by atoms with Crippen molar-refractivity contribution in [3.05, 3.63) is 88.1 Å². The number of aromatic nitrogens is 3. The van der Waals surface area contributed by atoms with E-state index >= 15 is 0 Å². The van der Waals surface area contributed by atoms with E-state index < -0.39 is 11.4 Å². The number of nitrogens with one attached hydrogen (secondary N) is 3. The summed E-state index contributed by atoms with van der Waals surface area (Å²) in [4.78, 5) is 66.0. The number of amides is 2. The van der Waals surface area contributed by atoms with Gasteiger partial charge in [0.15, 0.2) is 11.5 Å². The summed E-state index contributed by atoms with van der Waals surface area (Å²) in [5, 5.41) is 11.7. The second-order valence-electron chi connectivity index (χ2n) is 12.4. The number of rotatable bonds is 4. The molecule has 2 fully saturated rings. The van der Waals surface area contributed by atoms with Crippen LogP contribution in [-0.2, 0) is 16.6 Å². The number of esters is 1. The molecule has 12 nitrogen and oxygen atoms in total. The number of phenols is 1. The first-order valence-electron chi connectivity index (χ1n) is 15.0. The second kappa shape index (κ2) is 8.90. The number of hydrogen-bond donors (Lipinski definition) is 4. The maximum atomic E-state index is 13.9. The number of carbonyl (C=O) groups excluding carboxylic acids is 4. The Bertz CT molecular complexity index is 2270. The van der Waals surface area contributed by atoms with E-state index in [-0.39, 0.29) is 29.3 Å². The summed E-state index contributed by atoms with van der Waals surface area (Å²) in [6.07, 6.45) is 2.93. The van der Waals surface area contributed by atoms with Crippen molar-refractivity contribution in [3.63, 3.8) is 0 Å². The summed E-state index contributed by atoms with van der Waals surface area (Å²) >= 11 is 0. The van der Waals surface area contributed by atoms with Crippen LogP contribution in [0.3, 0.4) is 0 Å². The molecular formula is C34H27N5O7. The molecule has 1 saturated carbocycles. The van der Waals surface area contributed by atoms with Crippen molar-refractivity contribution in [2.75, 3.05) is 32.2 Å². The van der Waals surface area contributed by atoms with Gasteiger partial charge >= 0.3 is 5.97 Å². The van der Waals surface area contributed by atoms with Crippen LogP contribution < -0.4 is 9.64 Å². The fraction of sp³-hybridized carbons (Fsp3) is 0.235. The van der Waals surface area contributed by atoms with Gasteiger partial charge in [0.25, 0.3) is 11.8 Å². The summed E-state index contributed by atoms with van der Waals surface area (Å²) in [6, 6.07) is 12.1. The molecule has 12 heteroatoms. The van der Waals surface area contributed by atoms with Crippen molar-refractivity contribution in [1.82, 2.24) is 19.9 Å². The first-order chi connectivity index (χ1) is 22.2. The van der Waals surface area contributed by atoms with Gasteiger partial charge in [-0.1, -0.05) is 0 Å². The van der Waals surface area contributed by atoms with Gasteiger partial charge in [0, 0.05) is 63.8 Å². The van der Waals surface area contributed by atoms with Crippen molar-refractivity contribution in [3.8, 4) is 11.5 Å². The number of anilines is 1. The third kappa shape index (κ3) is 3.38. The average Bonchev–Trinajstić information content (AvgIpc) is 3.68. The molecule has 2 aliphatic heterocycles. The maximum absolute atomic E-state index is 13.9. The van der Waals surface area contributed by atoms with Crippen LogP contribution in [0.1, 0.15) is 59.5 Å². The number of hydrogen-bond acceptors (Lipinski definition) is 7. The van der Waals surface area contributed by atoms with Crippen molar-refractivity contribution in [2.45, 2.75) is 18.3 Å². The predicted molar refractivity (Wildman–Crippen MR) is 166 cm³/mol. The second-order valence-corrected chi connectivity index (χ2v) is 12.4. The Balaban J connectivity index is 1.02. The van der Waals surface area contributed by atoms with Crippen molar-refractivity contribution >= 4 is 51.1 Å². The van der Waals surface area contributed by atoms with Gasteiger partial charge in [-0.05, 0) is 66.3 Å². The van der Waals surface area contributed by atoms with Crippen LogP contribution in [0.5, 0.6) is 11.5 Å². The Morgan fingerprint density at radius 2 is 1.72 bits per heavy atom. The number of carbonyl (C=O) groups is 4. The SMILES string of the molecule is COC(=O)c1cc2c3c(ccc2[nH]1)N(C(=O)c1cc2c([nH]1)C(=O)C=C1N(C(=O)c4cc5cc(O)c(OC)cc5[nH]4)C[C@H]4C[C@]124)CC3. The minimum Gasteiger partial charge on any atom is -0.504 e. The van der Waals surface area contributed by atoms with E-state index in [1.54, 1.807) is 34.1 Å². The highest BCUT2D eigenvalue weighted by Gasteiger charge is 2.68. The summed E-state index contributed by atoms with van der Waals surface area (Å²) in [6.45, 7) is 0.910. The van der Waals surface area contributed by atoms with Gasteiger partial charge in [0.05, 0.1) is 19.9 Å². The monoisotopic (exact) mass is 617 g/mol. The first kappa shape index (κ1) is 26.6. The van der Waals surface area contributed by atoms with E-state index in [4.69, 9.17) is 9.47 Å². The van der Waals surface area contributed by atoms with Gasteiger partial charge in [0.1, 0.15) is 17.1 Å². The van der Waals surface area contributed by atoms with Gasteiger partial charge < -0.3 is 39.3 Å². The van der Waals surface area contributed by atoms with Gasteiger partial charge in [-0.2, -0.15) is 0 Å². The third-order valence-corrected chi connectivity index (χ3v) is 10.1. The average molecular weight is 618 g/mol. The highest BCUT2D eigenvalue weighted by Crippen LogP contribution is 2.67. The number of methoxy groups -OCH3 is 2. The molecule has 2 aliphatic carbocycles. The van der Waals surface area contributed by atoms with Gasteiger partial charge in [-0.15, -0.1) is 0 Å². The molecule has 0 bridgehead atoms. The third-order valence-electron chi connectivity index (χ3n) is 10.1. The van der Waals surface area contributed by atoms with Crippen LogP contribution in [0.2, 0.25) is 0 Å². The van der Waals surface area contributed by atoms with Crippen LogP contribution in [0.15, 0.2) is 54.2 Å². The number of aromatic hydroxyl groups is 1. The maximum Gasteiger partial charge on any atom is 0.354 e. The van der Waals surface area contributed by atoms with Crippen LogP contribution in [0.4, 0.5) is 5.69 Å². The summed E-state index contributed by atoms with van der Waals surface area (Å²) in [5.41, 5.74) is 5.45. The molecule has 230 valence electrons. The number of benzene rings is 2. The standard InChI is InChI=1S/C34H27N5O7/c1-45-28-11-21-15(8-26(28)40)7-22(36-21)32(43)39-14-16-13-34(16)19-10-23(37-30(19)27(41)12-29(34)39)31(42)38-6-5-17-18-9-24(33(44)46-2)35-20(18)3-4-25(17)38/h3-4,7-12,16,35-37,40H,5-6,13-14H2,1-2H3/t16-,34-/m1/s1. The Morgan fingerprint density at radius 1 is 0.935 bits per heavy atom. The van der Waals surface area contributed by atoms with Crippen molar-refractivity contribution in [2.24, 2.45) is 5.92 Å². The Hall–Kier alpha value is -5.78. The zero-order valence-electron chi connectivity index (χ0n) is 24.8. The molecule has 9 rings (SSSR count). The van der Waals surface area contributed by atoms with Crippen LogP contribution >= 0.6 is 0 Å². The molecule has 2 aromatic carbocycles. The number of ketones is 1. The minimum atomic E-state index is -0.508. The number of phenolic OH excluding ortho intramolecular Hbond substituents is 1. The fourth-order valence-electron chi connectivity index (χ4n) is 7.86. The minimum absolute atomic E-state index is 0.0248. The number of fused-ring (bicyclic) bond motifs is 5. The lowest BCUT2D eigenvalue weighted by atomic mass is 9.85. The first-order valence-corrected chi connectivity index (χ1v) is 15.0. The molecular weight excluding hydrogens is 590 g/mol. The van der Waals surface area contributed by atoms with E-state index in [9.17, 15) is 24.3 Å². The number of allylic oxidation sites excluding steroid dienone is 2. The topological polar surface area (TPSA) is 161 Å². The van der Waals surface area contributed by atoms with Gasteiger partial charge in [-0.25, -0.2) is 4.79 Å². The number of nitrogens with zero attached hydrogens (tertiary/aromatic N) is 2. The molecule has 4 N–H and O–H groups in total. The fourth-order valence-corrected chi connectivity index (χ4v) is 7.86. The largest absolute Gasteiger partial charge is 0.504 e. The van der Waals surface area contributed by atoms with Crippen LogP contribution in [0, 0.1) is 5.92 Å².